The average Bonchev–Trinajstić information content (AvgIpc) is 2.65. The van der Waals surface area contributed by atoms with Gasteiger partial charge < -0.3 is 9.88 Å². The molecule has 1 aromatic carbocycles. The SMILES string of the molecule is Cc1c(C)c(C(=O)NC(C)C)n(Cc2ccccc2F)c1C. The summed E-state index contributed by atoms with van der Waals surface area (Å²) in [5, 5.41) is 2.93. The summed E-state index contributed by atoms with van der Waals surface area (Å²) < 4.78 is 15.8. The molecule has 0 radical (unpaired) electrons. The molecule has 1 heterocycles. The van der Waals surface area contributed by atoms with Crippen LogP contribution in [0, 0.1) is 26.6 Å². The molecule has 1 N–H and O–H groups in total. The maximum absolute atomic E-state index is 13.9. The first-order valence-corrected chi connectivity index (χ1v) is 7.53. The molecule has 0 spiro atoms. The van der Waals surface area contributed by atoms with Crippen LogP contribution in [-0.4, -0.2) is 16.5 Å². The van der Waals surface area contributed by atoms with Crippen LogP contribution in [0.25, 0.3) is 0 Å². The minimum Gasteiger partial charge on any atom is -0.349 e. The normalized spacial score (nSPS) is 11.0. The lowest BCUT2D eigenvalue weighted by Gasteiger charge is -2.14. The first-order valence-electron chi connectivity index (χ1n) is 7.53. The average molecular weight is 302 g/mol. The van der Waals surface area contributed by atoms with Gasteiger partial charge in [0.1, 0.15) is 11.5 Å². The number of halogens is 1. The number of hydrogen-bond acceptors (Lipinski definition) is 1. The summed E-state index contributed by atoms with van der Waals surface area (Å²) in [5.74, 6) is -0.360. The van der Waals surface area contributed by atoms with Crippen LogP contribution in [0.3, 0.4) is 0 Å². The fraction of sp³-hybridized carbons (Fsp3) is 0.389. The second-order valence-electron chi connectivity index (χ2n) is 5.99. The van der Waals surface area contributed by atoms with Crippen LogP contribution in [0.15, 0.2) is 24.3 Å². The van der Waals surface area contributed by atoms with Crippen LogP contribution < -0.4 is 5.32 Å². The summed E-state index contributed by atoms with van der Waals surface area (Å²) in [6, 6.07) is 6.74. The van der Waals surface area contributed by atoms with E-state index in [0.717, 1.165) is 16.8 Å². The Bertz CT molecular complexity index is 701. The summed E-state index contributed by atoms with van der Waals surface area (Å²) in [5.41, 5.74) is 4.22. The van der Waals surface area contributed by atoms with Gasteiger partial charge in [0.05, 0.1) is 6.54 Å². The van der Waals surface area contributed by atoms with E-state index < -0.39 is 0 Å². The molecule has 2 rings (SSSR count). The maximum atomic E-state index is 13.9. The van der Waals surface area contributed by atoms with Crippen molar-refractivity contribution in [3.05, 3.63) is 58.2 Å². The van der Waals surface area contributed by atoms with E-state index in [9.17, 15) is 9.18 Å². The van der Waals surface area contributed by atoms with E-state index in [0.29, 0.717) is 17.8 Å². The highest BCUT2D eigenvalue weighted by atomic mass is 19.1. The van der Waals surface area contributed by atoms with Gasteiger partial charge in [0.15, 0.2) is 0 Å². The van der Waals surface area contributed by atoms with Gasteiger partial charge in [-0.2, -0.15) is 0 Å². The molecule has 0 fully saturated rings. The lowest BCUT2D eigenvalue weighted by Crippen LogP contribution is -2.32. The Balaban J connectivity index is 2.49. The summed E-state index contributed by atoms with van der Waals surface area (Å²) in [6.07, 6.45) is 0. The minimum atomic E-state index is -0.249. The molecular weight excluding hydrogens is 279 g/mol. The third-order valence-corrected chi connectivity index (χ3v) is 4.06. The number of nitrogens with zero attached hydrogens (tertiary/aromatic N) is 1. The second kappa shape index (κ2) is 6.34. The lowest BCUT2D eigenvalue weighted by atomic mass is 10.1. The molecule has 0 saturated heterocycles. The summed E-state index contributed by atoms with van der Waals surface area (Å²) in [6.45, 7) is 10.1. The number of carbonyl (C=O) groups is 1. The highest BCUT2D eigenvalue weighted by Gasteiger charge is 2.21. The smallest absolute Gasteiger partial charge is 0.268 e. The third kappa shape index (κ3) is 3.06. The highest BCUT2D eigenvalue weighted by molar-refractivity contribution is 5.95. The standard InChI is InChI=1S/C18H23FN2O/c1-11(2)20-18(22)17-13(4)12(3)14(5)21(17)10-15-8-6-7-9-16(15)19/h6-9,11H,10H2,1-5H3,(H,20,22). The van der Waals surface area contributed by atoms with E-state index >= 15 is 0 Å². The first-order chi connectivity index (χ1) is 10.3. The summed E-state index contributed by atoms with van der Waals surface area (Å²) in [7, 11) is 0. The predicted molar refractivity (Wildman–Crippen MR) is 86.7 cm³/mol. The van der Waals surface area contributed by atoms with Gasteiger partial charge >= 0.3 is 0 Å². The molecule has 1 aromatic heterocycles. The molecule has 1 amide bonds. The van der Waals surface area contributed by atoms with Crippen LogP contribution >= 0.6 is 0 Å². The zero-order chi connectivity index (χ0) is 16.4. The van der Waals surface area contributed by atoms with Crippen molar-refractivity contribution in [2.24, 2.45) is 0 Å². The van der Waals surface area contributed by atoms with E-state index in [1.807, 2.05) is 45.3 Å². The Morgan fingerprint density at radius 1 is 1.18 bits per heavy atom. The van der Waals surface area contributed by atoms with Crippen molar-refractivity contribution in [1.82, 2.24) is 9.88 Å². The Morgan fingerprint density at radius 3 is 2.41 bits per heavy atom. The van der Waals surface area contributed by atoms with E-state index in [4.69, 9.17) is 0 Å². The Morgan fingerprint density at radius 2 is 1.82 bits per heavy atom. The van der Waals surface area contributed by atoms with Crippen molar-refractivity contribution in [1.29, 1.82) is 0 Å². The van der Waals surface area contributed by atoms with Crippen LogP contribution in [0.2, 0.25) is 0 Å². The molecule has 0 bridgehead atoms. The van der Waals surface area contributed by atoms with Crippen molar-refractivity contribution < 1.29 is 9.18 Å². The molecule has 4 heteroatoms. The Kier molecular flexibility index (Phi) is 4.69. The van der Waals surface area contributed by atoms with Crippen molar-refractivity contribution in [2.75, 3.05) is 0 Å². The van der Waals surface area contributed by atoms with Crippen molar-refractivity contribution >= 4 is 5.91 Å². The van der Waals surface area contributed by atoms with Crippen molar-refractivity contribution in [3.63, 3.8) is 0 Å². The zero-order valence-corrected chi connectivity index (χ0v) is 13.8. The van der Waals surface area contributed by atoms with E-state index in [-0.39, 0.29) is 17.8 Å². The molecule has 22 heavy (non-hydrogen) atoms. The van der Waals surface area contributed by atoms with Gasteiger partial charge in [-0.3, -0.25) is 4.79 Å². The summed E-state index contributed by atoms with van der Waals surface area (Å²) >= 11 is 0. The molecule has 0 unspecified atom stereocenters. The van der Waals surface area contributed by atoms with Gasteiger partial charge in [-0.25, -0.2) is 4.39 Å². The number of amides is 1. The second-order valence-corrected chi connectivity index (χ2v) is 5.99. The number of aromatic nitrogens is 1. The molecule has 0 aliphatic rings. The topological polar surface area (TPSA) is 34.0 Å². The largest absolute Gasteiger partial charge is 0.349 e. The molecular formula is C18H23FN2O. The van der Waals surface area contributed by atoms with Gasteiger partial charge in [0.2, 0.25) is 0 Å². The van der Waals surface area contributed by atoms with Crippen LogP contribution in [0.1, 0.15) is 46.7 Å². The quantitative estimate of drug-likeness (QED) is 0.917. The fourth-order valence-corrected chi connectivity index (χ4v) is 2.64. The van der Waals surface area contributed by atoms with Crippen molar-refractivity contribution in [3.8, 4) is 0 Å². The van der Waals surface area contributed by atoms with Crippen LogP contribution in [0.5, 0.6) is 0 Å². The molecule has 0 aliphatic heterocycles. The lowest BCUT2D eigenvalue weighted by molar-refractivity contribution is 0.0933. The van der Waals surface area contributed by atoms with Gasteiger partial charge in [-0.15, -0.1) is 0 Å². The zero-order valence-electron chi connectivity index (χ0n) is 13.8. The Hall–Kier alpha value is -2.10. The summed E-state index contributed by atoms with van der Waals surface area (Å²) in [4.78, 5) is 12.5. The van der Waals surface area contributed by atoms with Gasteiger partial charge in [0.25, 0.3) is 5.91 Å². The van der Waals surface area contributed by atoms with E-state index in [2.05, 4.69) is 5.32 Å². The minimum absolute atomic E-state index is 0.0596. The van der Waals surface area contributed by atoms with Crippen LogP contribution in [0.4, 0.5) is 4.39 Å². The number of nitrogens with one attached hydrogen (secondary N) is 1. The molecule has 118 valence electrons. The molecule has 0 aliphatic carbocycles. The maximum Gasteiger partial charge on any atom is 0.268 e. The highest BCUT2D eigenvalue weighted by Crippen LogP contribution is 2.23. The van der Waals surface area contributed by atoms with E-state index in [1.54, 1.807) is 12.1 Å². The first kappa shape index (κ1) is 16.3. The van der Waals surface area contributed by atoms with Gasteiger partial charge in [-0.05, 0) is 51.8 Å². The molecule has 0 atom stereocenters. The van der Waals surface area contributed by atoms with Crippen molar-refractivity contribution in [2.45, 2.75) is 47.2 Å². The van der Waals surface area contributed by atoms with Crippen LogP contribution in [-0.2, 0) is 6.54 Å². The monoisotopic (exact) mass is 302 g/mol. The number of benzene rings is 1. The number of carbonyl (C=O) groups excluding carboxylic acids is 1. The third-order valence-electron chi connectivity index (χ3n) is 4.06. The number of rotatable bonds is 4. The predicted octanol–water partition coefficient (Wildman–Crippen LogP) is 3.74. The Labute approximate surface area is 131 Å². The molecule has 3 nitrogen and oxygen atoms in total. The van der Waals surface area contributed by atoms with E-state index in [1.165, 1.54) is 6.07 Å². The number of hydrogen-bond donors (Lipinski definition) is 1. The fourth-order valence-electron chi connectivity index (χ4n) is 2.64. The van der Waals surface area contributed by atoms with Gasteiger partial charge in [-0.1, -0.05) is 18.2 Å². The van der Waals surface area contributed by atoms with Gasteiger partial charge in [0, 0.05) is 17.3 Å². The molecule has 0 saturated carbocycles. The molecule has 2 aromatic rings.